The Morgan fingerprint density at radius 3 is 3.21 bits per heavy atom. The molecule has 0 bridgehead atoms. The first kappa shape index (κ1) is 9.68. The van der Waals surface area contributed by atoms with Crippen LogP contribution in [0, 0.1) is 0 Å². The Morgan fingerprint density at radius 1 is 1.71 bits per heavy atom. The summed E-state index contributed by atoms with van der Waals surface area (Å²) in [6.45, 7) is 1.36. The predicted octanol–water partition coefficient (Wildman–Crippen LogP) is 1.08. The predicted molar refractivity (Wildman–Crippen MR) is 52.5 cm³/mol. The Labute approximate surface area is 86.5 Å². The largest absolute Gasteiger partial charge is 0.376 e. The molecule has 0 aliphatic carbocycles. The van der Waals surface area contributed by atoms with E-state index in [1.807, 2.05) is 0 Å². The average Bonchev–Trinajstić information content (AvgIpc) is 2.62. The number of rotatable bonds is 2. The van der Waals surface area contributed by atoms with Crippen LogP contribution in [0.15, 0.2) is 17.2 Å². The molecule has 0 radical (unpaired) electrons. The first-order chi connectivity index (χ1) is 6.75. The SMILES string of the molecule is O=c1cc(Cl)ncn1CC1CCCO1. The second kappa shape index (κ2) is 4.11. The van der Waals surface area contributed by atoms with Crippen LogP contribution < -0.4 is 5.56 Å². The van der Waals surface area contributed by atoms with E-state index in [1.54, 1.807) is 0 Å². The molecule has 0 spiro atoms. The van der Waals surface area contributed by atoms with E-state index < -0.39 is 0 Å². The monoisotopic (exact) mass is 214 g/mol. The minimum Gasteiger partial charge on any atom is -0.376 e. The smallest absolute Gasteiger partial charge is 0.254 e. The van der Waals surface area contributed by atoms with Gasteiger partial charge in [-0.15, -0.1) is 0 Å². The first-order valence-electron chi connectivity index (χ1n) is 4.59. The minimum absolute atomic E-state index is 0.125. The lowest BCUT2D eigenvalue weighted by Gasteiger charge is -2.10. The van der Waals surface area contributed by atoms with Crippen molar-refractivity contribution < 1.29 is 4.74 Å². The molecule has 1 atom stereocenters. The van der Waals surface area contributed by atoms with Gasteiger partial charge in [-0.1, -0.05) is 11.6 Å². The van der Waals surface area contributed by atoms with Crippen LogP contribution >= 0.6 is 11.6 Å². The third kappa shape index (κ3) is 2.13. The molecule has 1 saturated heterocycles. The van der Waals surface area contributed by atoms with Crippen LogP contribution in [-0.4, -0.2) is 22.3 Å². The summed E-state index contributed by atoms with van der Waals surface area (Å²) in [5.74, 6) is 0. The van der Waals surface area contributed by atoms with E-state index in [1.165, 1.54) is 17.0 Å². The quantitative estimate of drug-likeness (QED) is 0.692. The summed E-state index contributed by atoms with van der Waals surface area (Å²) < 4.78 is 6.95. The molecular weight excluding hydrogens is 204 g/mol. The van der Waals surface area contributed by atoms with Crippen molar-refractivity contribution in [1.29, 1.82) is 0 Å². The normalized spacial score (nSPS) is 21.4. The van der Waals surface area contributed by atoms with Crippen molar-refractivity contribution in [2.24, 2.45) is 0 Å². The Hall–Kier alpha value is -0.870. The molecular formula is C9H11ClN2O2. The zero-order valence-electron chi connectivity index (χ0n) is 7.65. The van der Waals surface area contributed by atoms with Gasteiger partial charge in [0.15, 0.2) is 0 Å². The molecule has 76 valence electrons. The molecule has 1 aromatic rings. The van der Waals surface area contributed by atoms with Crippen molar-refractivity contribution in [2.75, 3.05) is 6.61 Å². The molecule has 5 heteroatoms. The molecule has 2 rings (SSSR count). The van der Waals surface area contributed by atoms with E-state index in [0.29, 0.717) is 6.54 Å². The van der Waals surface area contributed by atoms with Crippen LogP contribution in [0.2, 0.25) is 5.15 Å². The van der Waals surface area contributed by atoms with Gasteiger partial charge in [0, 0.05) is 12.7 Å². The summed E-state index contributed by atoms with van der Waals surface area (Å²) >= 11 is 5.58. The molecule has 0 aromatic carbocycles. The average molecular weight is 215 g/mol. The summed E-state index contributed by atoms with van der Waals surface area (Å²) in [6, 6.07) is 1.32. The Balaban J connectivity index is 2.12. The van der Waals surface area contributed by atoms with E-state index in [2.05, 4.69) is 4.98 Å². The number of halogens is 1. The fourth-order valence-electron chi connectivity index (χ4n) is 1.55. The maximum absolute atomic E-state index is 11.4. The molecule has 1 aliphatic rings. The standard InChI is InChI=1S/C9H11ClN2O2/c10-8-4-9(13)12(6-11-8)5-7-2-1-3-14-7/h4,6-7H,1-3,5H2. The highest BCUT2D eigenvalue weighted by Gasteiger charge is 2.16. The van der Waals surface area contributed by atoms with Gasteiger partial charge in [0.25, 0.3) is 5.56 Å². The lowest BCUT2D eigenvalue weighted by atomic mass is 10.2. The Kier molecular flexibility index (Phi) is 2.84. The molecule has 1 aromatic heterocycles. The number of nitrogens with zero attached hydrogens (tertiary/aromatic N) is 2. The van der Waals surface area contributed by atoms with Crippen LogP contribution in [-0.2, 0) is 11.3 Å². The van der Waals surface area contributed by atoms with Crippen LogP contribution in [0.4, 0.5) is 0 Å². The van der Waals surface area contributed by atoms with Gasteiger partial charge in [0.2, 0.25) is 0 Å². The fraction of sp³-hybridized carbons (Fsp3) is 0.556. The molecule has 0 amide bonds. The van der Waals surface area contributed by atoms with E-state index in [4.69, 9.17) is 16.3 Å². The van der Waals surface area contributed by atoms with Gasteiger partial charge in [0.1, 0.15) is 5.15 Å². The van der Waals surface area contributed by atoms with Crippen LogP contribution in [0.25, 0.3) is 0 Å². The van der Waals surface area contributed by atoms with Crippen molar-refractivity contribution in [3.05, 3.63) is 27.9 Å². The van der Waals surface area contributed by atoms with Gasteiger partial charge in [-0.2, -0.15) is 0 Å². The third-order valence-corrected chi connectivity index (χ3v) is 2.48. The fourth-order valence-corrected chi connectivity index (χ4v) is 1.69. The van der Waals surface area contributed by atoms with Crippen LogP contribution in [0.3, 0.4) is 0 Å². The molecule has 2 heterocycles. The van der Waals surface area contributed by atoms with Crippen molar-refractivity contribution >= 4 is 11.6 Å². The highest BCUT2D eigenvalue weighted by Crippen LogP contribution is 2.13. The lowest BCUT2D eigenvalue weighted by molar-refractivity contribution is 0.0959. The molecule has 1 fully saturated rings. The second-order valence-electron chi connectivity index (χ2n) is 3.34. The maximum atomic E-state index is 11.4. The van der Waals surface area contributed by atoms with E-state index in [0.717, 1.165) is 19.4 Å². The summed E-state index contributed by atoms with van der Waals surface area (Å²) in [5, 5.41) is 0.235. The minimum atomic E-state index is -0.125. The van der Waals surface area contributed by atoms with E-state index in [-0.39, 0.29) is 16.8 Å². The van der Waals surface area contributed by atoms with Gasteiger partial charge in [-0.25, -0.2) is 4.98 Å². The molecule has 0 saturated carbocycles. The summed E-state index contributed by atoms with van der Waals surface area (Å²) in [4.78, 5) is 15.3. The molecule has 4 nitrogen and oxygen atoms in total. The van der Waals surface area contributed by atoms with Crippen molar-refractivity contribution in [3.8, 4) is 0 Å². The van der Waals surface area contributed by atoms with Crippen molar-refractivity contribution in [2.45, 2.75) is 25.5 Å². The lowest BCUT2D eigenvalue weighted by Crippen LogP contribution is -2.25. The van der Waals surface area contributed by atoms with Gasteiger partial charge in [-0.3, -0.25) is 9.36 Å². The summed E-state index contributed by atoms with van der Waals surface area (Å²) in [6.07, 6.45) is 3.69. The van der Waals surface area contributed by atoms with Crippen LogP contribution in [0.1, 0.15) is 12.8 Å². The van der Waals surface area contributed by atoms with Gasteiger partial charge >= 0.3 is 0 Å². The highest BCUT2D eigenvalue weighted by molar-refractivity contribution is 6.29. The molecule has 1 aliphatic heterocycles. The van der Waals surface area contributed by atoms with Crippen molar-refractivity contribution in [3.63, 3.8) is 0 Å². The number of ether oxygens (including phenoxy) is 1. The van der Waals surface area contributed by atoms with Gasteiger partial charge in [-0.05, 0) is 12.8 Å². The summed E-state index contributed by atoms with van der Waals surface area (Å²) in [5.41, 5.74) is -0.125. The topological polar surface area (TPSA) is 44.1 Å². The second-order valence-corrected chi connectivity index (χ2v) is 3.72. The third-order valence-electron chi connectivity index (χ3n) is 2.27. The first-order valence-corrected chi connectivity index (χ1v) is 4.97. The van der Waals surface area contributed by atoms with Crippen molar-refractivity contribution in [1.82, 2.24) is 9.55 Å². The van der Waals surface area contributed by atoms with E-state index in [9.17, 15) is 4.79 Å². The zero-order chi connectivity index (χ0) is 9.97. The Morgan fingerprint density at radius 2 is 2.57 bits per heavy atom. The summed E-state index contributed by atoms with van der Waals surface area (Å²) in [7, 11) is 0. The number of hydrogen-bond acceptors (Lipinski definition) is 3. The maximum Gasteiger partial charge on any atom is 0.254 e. The van der Waals surface area contributed by atoms with Gasteiger partial charge < -0.3 is 4.74 Å². The molecule has 14 heavy (non-hydrogen) atoms. The number of hydrogen-bond donors (Lipinski definition) is 0. The van der Waals surface area contributed by atoms with E-state index >= 15 is 0 Å². The number of aromatic nitrogens is 2. The zero-order valence-corrected chi connectivity index (χ0v) is 8.41. The van der Waals surface area contributed by atoms with Gasteiger partial charge in [0.05, 0.1) is 19.0 Å². The molecule has 0 N–H and O–H groups in total. The Bertz CT molecular complexity index is 371. The molecule has 1 unspecified atom stereocenters. The highest BCUT2D eigenvalue weighted by atomic mass is 35.5. The van der Waals surface area contributed by atoms with Crippen LogP contribution in [0.5, 0.6) is 0 Å².